The summed E-state index contributed by atoms with van der Waals surface area (Å²) in [4.78, 5) is 28.9. The molecule has 0 saturated carbocycles. The van der Waals surface area contributed by atoms with Crippen LogP contribution in [0.1, 0.15) is 22.6 Å². The number of carbonyl (C=O) groups is 2. The maximum Gasteiger partial charge on any atom is 0.322 e. The van der Waals surface area contributed by atoms with E-state index in [4.69, 9.17) is 0 Å². The van der Waals surface area contributed by atoms with Crippen molar-refractivity contribution in [3.63, 3.8) is 0 Å². The van der Waals surface area contributed by atoms with Crippen LogP contribution >= 0.6 is 11.3 Å². The molecule has 1 aromatic carbocycles. The smallest absolute Gasteiger partial charge is 0.322 e. The largest absolute Gasteiger partial charge is 0.349 e. The fourth-order valence-corrected chi connectivity index (χ4v) is 3.70. The van der Waals surface area contributed by atoms with Gasteiger partial charge in [0.25, 0.3) is 0 Å². The first-order valence-electron chi connectivity index (χ1n) is 8.09. The van der Waals surface area contributed by atoms with Gasteiger partial charge in [-0.05, 0) is 44.0 Å². The number of aryl methyl sites for hydroxylation is 1. The fourth-order valence-electron chi connectivity index (χ4n) is 2.87. The number of carbonyl (C=O) groups excluding carboxylic acids is 2. The van der Waals surface area contributed by atoms with Gasteiger partial charge >= 0.3 is 6.03 Å². The van der Waals surface area contributed by atoms with E-state index in [9.17, 15) is 9.59 Å². The highest BCUT2D eigenvalue weighted by Gasteiger charge is 2.34. The van der Waals surface area contributed by atoms with Crippen molar-refractivity contribution in [3.8, 4) is 0 Å². The number of thiophene rings is 1. The van der Waals surface area contributed by atoms with Gasteiger partial charge in [-0.3, -0.25) is 4.79 Å². The second-order valence-corrected chi connectivity index (χ2v) is 7.25. The summed E-state index contributed by atoms with van der Waals surface area (Å²) in [5.74, 6) is -0.0817. The normalized spacial score (nSPS) is 16.9. The fraction of sp³-hybridized carbons (Fsp3) is 0.333. The molecule has 2 N–H and O–H groups in total. The van der Waals surface area contributed by atoms with Crippen molar-refractivity contribution in [1.82, 2.24) is 10.2 Å². The van der Waals surface area contributed by atoms with Crippen LogP contribution in [-0.4, -0.2) is 29.4 Å². The van der Waals surface area contributed by atoms with Gasteiger partial charge in [0.2, 0.25) is 5.91 Å². The van der Waals surface area contributed by atoms with Crippen LogP contribution < -0.4 is 10.6 Å². The Morgan fingerprint density at radius 2 is 2.00 bits per heavy atom. The summed E-state index contributed by atoms with van der Waals surface area (Å²) in [5.41, 5.74) is 0.739. The molecule has 1 aliphatic heterocycles. The van der Waals surface area contributed by atoms with Crippen molar-refractivity contribution >= 4 is 29.0 Å². The van der Waals surface area contributed by atoms with Crippen molar-refractivity contribution in [1.29, 1.82) is 0 Å². The summed E-state index contributed by atoms with van der Waals surface area (Å²) < 4.78 is 0. The number of benzene rings is 1. The topological polar surface area (TPSA) is 61.4 Å². The van der Waals surface area contributed by atoms with E-state index >= 15 is 0 Å². The Hall–Kier alpha value is -2.34. The van der Waals surface area contributed by atoms with Gasteiger partial charge < -0.3 is 15.5 Å². The molecular formula is C18H21N3O2S. The van der Waals surface area contributed by atoms with Crippen molar-refractivity contribution in [2.45, 2.75) is 32.4 Å². The Bertz CT molecular complexity index is 714. The maximum atomic E-state index is 12.5. The summed E-state index contributed by atoms with van der Waals surface area (Å²) in [7, 11) is 0. The molecule has 1 unspecified atom stereocenters. The summed E-state index contributed by atoms with van der Waals surface area (Å²) >= 11 is 1.67. The third-order valence-electron chi connectivity index (χ3n) is 4.07. The quantitative estimate of drug-likeness (QED) is 0.894. The molecule has 6 heteroatoms. The zero-order chi connectivity index (χ0) is 16.9. The van der Waals surface area contributed by atoms with Crippen LogP contribution in [0.15, 0.2) is 42.5 Å². The number of para-hydroxylation sites is 1. The van der Waals surface area contributed by atoms with Gasteiger partial charge in [0.05, 0.1) is 6.54 Å². The number of anilines is 1. The van der Waals surface area contributed by atoms with Crippen LogP contribution in [0, 0.1) is 6.92 Å². The molecule has 0 bridgehead atoms. The molecule has 24 heavy (non-hydrogen) atoms. The zero-order valence-corrected chi connectivity index (χ0v) is 14.4. The van der Waals surface area contributed by atoms with E-state index in [1.807, 2.05) is 49.4 Å². The molecule has 1 aliphatic rings. The Morgan fingerprint density at radius 1 is 1.21 bits per heavy atom. The molecule has 1 fully saturated rings. The molecule has 1 aromatic heterocycles. The Kier molecular flexibility index (Phi) is 5.15. The van der Waals surface area contributed by atoms with Gasteiger partial charge in [0.15, 0.2) is 0 Å². The lowest BCUT2D eigenvalue weighted by Crippen LogP contribution is -2.47. The van der Waals surface area contributed by atoms with Crippen LogP contribution in [0.2, 0.25) is 0 Å². The molecule has 0 radical (unpaired) electrons. The van der Waals surface area contributed by atoms with Crippen LogP contribution in [0.5, 0.6) is 0 Å². The first kappa shape index (κ1) is 16.5. The first-order chi connectivity index (χ1) is 11.6. The molecule has 1 atom stereocenters. The zero-order valence-electron chi connectivity index (χ0n) is 13.6. The lowest BCUT2D eigenvalue weighted by Gasteiger charge is -2.24. The molecule has 3 amide bonds. The minimum Gasteiger partial charge on any atom is -0.349 e. The molecule has 1 saturated heterocycles. The minimum atomic E-state index is -0.394. The number of urea groups is 1. The third-order valence-corrected chi connectivity index (χ3v) is 5.07. The van der Waals surface area contributed by atoms with Crippen LogP contribution in [0.3, 0.4) is 0 Å². The molecule has 0 spiro atoms. The summed E-state index contributed by atoms with van der Waals surface area (Å²) in [5, 5.41) is 5.81. The number of rotatable bonds is 4. The van der Waals surface area contributed by atoms with Gasteiger partial charge in [0, 0.05) is 22.0 Å². The Balaban J connectivity index is 1.57. The lowest BCUT2D eigenvalue weighted by atomic mass is 10.2. The summed E-state index contributed by atoms with van der Waals surface area (Å²) in [6.07, 6.45) is 1.55. The third kappa shape index (κ3) is 3.94. The molecule has 2 aromatic rings. The number of nitrogens with zero attached hydrogens (tertiary/aromatic N) is 1. The first-order valence-corrected chi connectivity index (χ1v) is 8.91. The van der Waals surface area contributed by atoms with Crippen LogP contribution in [0.4, 0.5) is 10.5 Å². The van der Waals surface area contributed by atoms with E-state index in [-0.39, 0.29) is 11.9 Å². The van der Waals surface area contributed by atoms with Gasteiger partial charge in [-0.1, -0.05) is 18.2 Å². The number of amides is 3. The molecule has 126 valence electrons. The molecule has 3 rings (SSSR count). The number of hydrogen-bond donors (Lipinski definition) is 2. The number of hydrogen-bond acceptors (Lipinski definition) is 3. The lowest BCUT2D eigenvalue weighted by molar-refractivity contribution is -0.124. The monoisotopic (exact) mass is 343 g/mol. The van der Waals surface area contributed by atoms with Crippen molar-refractivity contribution < 1.29 is 9.59 Å². The highest BCUT2D eigenvalue weighted by Crippen LogP contribution is 2.20. The van der Waals surface area contributed by atoms with Gasteiger partial charge in [-0.2, -0.15) is 0 Å². The molecule has 2 heterocycles. The summed E-state index contributed by atoms with van der Waals surface area (Å²) in [6, 6.07) is 12.8. The van der Waals surface area contributed by atoms with Crippen molar-refractivity contribution in [3.05, 3.63) is 52.2 Å². The highest BCUT2D eigenvalue weighted by atomic mass is 32.1. The average molecular weight is 343 g/mol. The number of likely N-dealkylation sites (tertiary alicyclic amines) is 1. The maximum absolute atomic E-state index is 12.5. The van der Waals surface area contributed by atoms with E-state index in [2.05, 4.69) is 10.6 Å². The molecule has 5 nitrogen and oxygen atoms in total. The van der Waals surface area contributed by atoms with E-state index in [1.165, 1.54) is 4.88 Å². The standard InChI is InChI=1S/C18H21N3O2S/c1-13-9-10-15(24-13)12-19-17(22)16-8-5-11-21(16)18(23)20-14-6-3-2-4-7-14/h2-4,6-7,9-10,16H,5,8,11-12H2,1H3,(H,19,22)(H,20,23). The second kappa shape index (κ2) is 7.49. The predicted octanol–water partition coefficient (Wildman–Crippen LogP) is 3.37. The minimum absolute atomic E-state index is 0.0817. The van der Waals surface area contributed by atoms with Gasteiger partial charge in [0.1, 0.15) is 6.04 Å². The molecule has 0 aliphatic carbocycles. The van der Waals surface area contributed by atoms with E-state index in [0.29, 0.717) is 19.5 Å². The van der Waals surface area contributed by atoms with E-state index in [1.54, 1.807) is 16.2 Å². The van der Waals surface area contributed by atoms with Crippen molar-refractivity contribution in [2.24, 2.45) is 0 Å². The molecular weight excluding hydrogens is 322 g/mol. The van der Waals surface area contributed by atoms with Crippen molar-refractivity contribution in [2.75, 3.05) is 11.9 Å². The van der Waals surface area contributed by atoms with Crippen LogP contribution in [0.25, 0.3) is 0 Å². The predicted molar refractivity (Wildman–Crippen MR) is 96.1 cm³/mol. The van der Waals surface area contributed by atoms with Gasteiger partial charge in [-0.25, -0.2) is 4.79 Å². The summed E-state index contributed by atoms with van der Waals surface area (Å²) in [6.45, 7) is 3.17. The Morgan fingerprint density at radius 3 is 2.71 bits per heavy atom. The number of nitrogens with one attached hydrogen (secondary N) is 2. The van der Waals surface area contributed by atoms with E-state index in [0.717, 1.165) is 17.0 Å². The average Bonchev–Trinajstić information content (AvgIpc) is 3.22. The van der Waals surface area contributed by atoms with Crippen LogP contribution in [-0.2, 0) is 11.3 Å². The Labute approximate surface area is 145 Å². The second-order valence-electron chi connectivity index (χ2n) is 5.88. The van der Waals surface area contributed by atoms with Gasteiger partial charge in [-0.15, -0.1) is 11.3 Å². The SMILES string of the molecule is Cc1ccc(CNC(=O)C2CCCN2C(=O)Nc2ccccc2)s1. The highest BCUT2D eigenvalue weighted by molar-refractivity contribution is 7.11. The van der Waals surface area contributed by atoms with E-state index < -0.39 is 6.04 Å².